The first-order chi connectivity index (χ1) is 8.24. The van der Waals surface area contributed by atoms with Crippen LogP contribution in [0.5, 0.6) is 0 Å². The summed E-state index contributed by atoms with van der Waals surface area (Å²) in [5, 5.41) is 5.49. The SMILES string of the molecule is CN(CCCBr)C(=O)c1noc2ccccc12. The Balaban J connectivity index is 2.24. The van der Waals surface area contributed by atoms with Crippen molar-refractivity contribution < 1.29 is 9.32 Å². The average molecular weight is 297 g/mol. The minimum atomic E-state index is -0.101. The fourth-order valence-corrected chi connectivity index (χ4v) is 1.87. The predicted molar refractivity (Wildman–Crippen MR) is 69.4 cm³/mol. The van der Waals surface area contributed by atoms with Gasteiger partial charge in [0.05, 0.1) is 5.39 Å². The quantitative estimate of drug-likeness (QED) is 0.815. The molecule has 0 unspecified atom stereocenters. The molecule has 0 radical (unpaired) electrons. The highest BCUT2D eigenvalue weighted by atomic mass is 79.9. The van der Waals surface area contributed by atoms with E-state index in [4.69, 9.17) is 4.52 Å². The Kier molecular flexibility index (Phi) is 3.78. The van der Waals surface area contributed by atoms with Crippen LogP contribution in [0.25, 0.3) is 11.0 Å². The lowest BCUT2D eigenvalue weighted by Crippen LogP contribution is -2.28. The highest BCUT2D eigenvalue weighted by molar-refractivity contribution is 9.09. The zero-order chi connectivity index (χ0) is 12.3. The number of aromatic nitrogens is 1. The van der Waals surface area contributed by atoms with E-state index in [2.05, 4.69) is 21.1 Å². The molecule has 2 aromatic rings. The number of rotatable bonds is 4. The lowest BCUT2D eigenvalue weighted by Gasteiger charge is -2.14. The van der Waals surface area contributed by atoms with Crippen LogP contribution in [0.3, 0.4) is 0 Å². The van der Waals surface area contributed by atoms with E-state index in [1.54, 1.807) is 18.0 Å². The first-order valence-corrected chi connectivity index (χ1v) is 6.52. The van der Waals surface area contributed by atoms with Gasteiger partial charge in [-0.05, 0) is 18.6 Å². The fraction of sp³-hybridized carbons (Fsp3) is 0.333. The van der Waals surface area contributed by atoms with Crippen molar-refractivity contribution in [2.24, 2.45) is 0 Å². The van der Waals surface area contributed by atoms with Crippen molar-refractivity contribution in [1.82, 2.24) is 10.1 Å². The third kappa shape index (κ3) is 2.49. The Hall–Kier alpha value is -1.36. The summed E-state index contributed by atoms with van der Waals surface area (Å²) in [6.45, 7) is 0.700. The van der Waals surface area contributed by atoms with Crippen LogP contribution in [0.4, 0.5) is 0 Å². The van der Waals surface area contributed by atoms with Crippen molar-refractivity contribution in [3.63, 3.8) is 0 Å². The lowest BCUT2D eigenvalue weighted by atomic mass is 10.2. The highest BCUT2D eigenvalue weighted by Crippen LogP contribution is 2.18. The van der Waals surface area contributed by atoms with Gasteiger partial charge in [-0.2, -0.15) is 0 Å². The summed E-state index contributed by atoms with van der Waals surface area (Å²) >= 11 is 3.34. The summed E-state index contributed by atoms with van der Waals surface area (Å²) in [5.41, 5.74) is 1.03. The number of fused-ring (bicyclic) bond motifs is 1. The van der Waals surface area contributed by atoms with Gasteiger partial charge in [-0.25, -0.2) is 0 Å². The predicted octanol–water partition coefficient (Wildman–Crippen LogP) is 2.68. The number of amides is 1. The second-order valence-electron chi connectivity index (χ2n) is 3.80. The molecule has 0 aliphatic rings. The van der Waals surface area contributed by atoms with Crippen LogP contribution < -0.4 is 0 Å². The average Bonchev–Trinajstić information content (AvgIpc) is 2.78. The van der Waals surface area contributed by atoms with Gasteiger partial charge in [-0.3, -0.25) is 4.79 Å². The van der Waals surface area contributed by atoms with Gasteiger partial charge in [0.1, 0.15) is 0 Å². The highest BCUT2D eigenvalue weighted by Gasteiger charge is 2.18. The Bertz CT molecular complexity index is 524. The van der Waals surface area contributed by atoms with E-state index in [0.29, 0.717) is 17.8 Å². The summed E-state index contributed by atoms with van der Waals surface area (Å²) in [7, 11) is 1.77. The molecule has 1 aromatic heterocycles. The number of hydrogen-bond donors (Lipinski definition) is 0. The summed E-state index contributed by atoms with van der Waals surface area (Å²) in [6.07, 6.45) is 0.915. The fourth-order valence-electron chi connectivity index (χ4n) is 1.62. The Morgan fingerprint density at radius 2 is 2.24 bits per heavy atom. The van der Waals surface area contributed by atoms with Crippen molar-refractivity contribution in [2.75, 3.05) is 18.9 Å². The molecular weight excluding hydrogens is 284 g/mol. The molecule has 0 fully saturated rings. The van der Waals surface area contributed by atoms with Crippen LogP contribution in [0, 0.1) is 0 Å². The minimum absolute atomic E-state index is 0.101. The number of carbonyl (C=O) groups excluding carboxylic acids is 1. The molecule has 0 atom stereocenters. The first-order valence-electron chi connectivity index (χ1n) is 5.40. The van der Waals surface area contributed by atoms with Gasteiger partial charge >= 0.3 is 0 Å². The number of carbonyl (C=O) groups is 1. The molecule has 0 bridgehead atoms. The third-order valence-electron chi connectivity index (χ3n) is 2.55. The second kappa shape index (κ2) is 5.31. The van der Waals surface area contributed by atoms with E-state index >= 15 is 0 Å². The van der Waals surface area contributed by atoms with Crippen LogP contribution in [0.1, 0.15) is 16.9 Å². The molecule has 4 nitrogen and oxygen atoms in total. The molecule has 2 rings (SSSR count). The van der Waals surface area contributed by atoms with E-state index in [1.807, 2.05) is 18.2 Å². The van der Waals surface area contributed by atoms with Crippen LogP contribution in [-0.2, 0) is 0 Å². The topological polar surface area (TPSA) is 46.3 Å². The smallest absolute Gasteiger partial charge is 0.276 e. The van der Waals surface area contributed by atoms with Crippen LogP contribution in [-0.4, -0.2) is 34.9 Å². The molecule has 0 spiro atoms. The number of hydrogen-bond acceptors (Lipinski definition) is 3. The Morgan fingerprint density at radius 3 is 3.00 bits per heavy atom. The van der Waals surface area contributed by atoms with Gasteiger partial charge in [0.15, 0.2) is 11.3 Å². The number of para-hydroxylation sites is 1. The molecule has 17 heavy (non-hydrogen) atoms. The summed E-state index contributed by atoms with van der Waals surface area (Å²) < 4.78 is 5.12. The van der Waals surface area contributed by atoms with E-state index in [1.165, 1.54) is 0 Å². The summed E-state index contributed by atoms with van der Waals surface area (Å²) in [4.78, 5) is 13.8. The van der Waals surface area contributed by atoms with E-state index < -0.39 is 0 Å². The molecule has 0 aliphatic carbocycles. The molecule has 1 amide bonds. The maximum Gasteiger partial charge on any atom is 0.276 e. The largest absolute Gasteiger partial charge is 0.355 e. The molecule has 1 aromatic carbocycles. The third-order valence-corrected chi connectivity index (χ3v) is 3.11. The summed E-state index contributed by atoms with van der Waals surface area (Å²) in [5.74, 6) is -0.101. The van der Waals surface area contributed by atoms with Crippen LogP contribution in [0.2, 0.25) is 0 Å². The number of benzene rings is 1. The molecule has 0 saturated carbocycles. The zero-order valence-corrected chi connectivity index (χ0v) is 11.1. The molecule has 0 aliphatic heterocycles. The van der Waals surface area contributed by atoms with Gasteiger partial charge < -0.3 is 9.42 Å². The molecule has 0 saturated heterocycles. The second-order valence-corrected chi connectivity index (χ2v) is 4.59. The monoisotopic (exact) mass is 296 g/mol. The van der Waals surface area contributed by atoms with Gasteiger partial charge in [0.25, 0.3) is 5.91 Å². The minimum Gasteiger partial charge on any atom is -0.355 e. The van der Waals surface area contributed by atoms with Gasteiger partial charge in [-0.15, -0.1) is 0 Å². The van der Waals surface area contributed by atoms with Gasteiger partial charge in [-0.1, -0.05) is 33.2 Å². The van der Waals surface area contributed by atoms with Crippen molar-refractivity contribution in [2.45, 2.75) is 6.42 Å². The molecule has 5 heteroatoms. The maximum atomic E-state index is 12.1. The molecule has 90 valence electrons. The van der Waals surface area contributed by atoms with E-state index in [0.717, 1.165) is 17.1 Å². The molecule has 1 heterocycles. The molecule has 0 N–H and O–H groups in total. The normalized spacial score (nSPS) is 10.7. The van der Waals surface area contributed by atoms with Crippen molar-refractivity contribution >= 4 is 32.8 Å². The number of alkyl halides is 1. The maximum absolute atomic E-state index is 12.1. The Morgan fingerprint density at radius 1 is 1.47 bits per heavy atom. The Labute approximate surface area is 108 Å². The van der Waals surface area contributed by atoms with Gasteiger partial charge in [0.2, 0.25) is 0 Å². The summed E-state index contributed by atoms with van der Waals surface area (Å²) in [6, 6.07) is 7.38. The van der Waals surface area contributed by atoms with Gasteiger partial charge in [0, 0.05) is 18.9 Å². The van der Waals surface area contributed by atoms with E-state index in [9.17, 15) is 4.79 Å². The van der Waals surface area contributed by atoms with E-state index in [-0.39, 0.29) is 5.91 Å². The number of nitrogens with zero attached hydrogens (tertiary/aromatic N) is 2. The standard InChI is InChI=1S/C12H13BrN2O2/c1-15(8-4-7-13)12(16)11-9-5-2-3-6-10(9)17-14-11/h2-3,5-6H,4,7-8H2,1H3. The zero-order valence-electron chi connectivity index (χ0n) is 9.52. The van der Waals surface area contributed by atoms with Crippen molar-refractivity contribution in [3.8, 4) is 0 Å². The van der Waals surface area contributed by atoms with Crippen molar-refractivity contribution in [3.05, 3.63) is 30.0 Å². The van der Waals surface area contributed by atoms with Crippen LogP contribution >= 0.6 is 15.9 Å². The lowest BCUT2D eigenvalue weighted by molar-refractivity contribution is 0.0787. The first kappa shape index (κ1) is 12.1. The van der Waals surface area contributed by atoms with Crippen LogP contribution in [0.15, 0.2) is 28.8 Å². The number of halogens is 1. The molecular formula is C12H13BrN2O2. The van der Waals surface area contributed by atoms with Crippen molar-refractivity contribution in [1.29, 1.82) is 0 Å².